The van der Waals surface area contributed by atoms with E-state index in [4.69, 9.17) is 23.7 Å². The molecule has 2 aliphatic rings. The maximum atomic E-state index is 5.70. The van der Waals surface area contributed by atoms with Crippen molar-refractivity contribution in [1.29, 1.82) is 0 Å². The average Bonchev–Trinajstić information content (AvgIpc) is 2.18. The van der Waals surface area contributed by atoms with Crippen molar-refractivity contribution in [3.63, 3.8) is 0 Å². The zero-order valence-corrected chi connectivity index (χ0v) is 9.48. The molecule has 0 spiro atoms. The number of ether oxygens (including phenoxy) is 5. The van der Waals surface area contributed by atoms with E-state index in [1.54, 1.807) is 0 Å². The van der Waals surface area contributed by atoms with E-state index in [1.165, 1.54) is 0 Å². The summed E-state index contributed by atoms with van der Waals surface area (Å²) in [7, 11) is 0. The Hall–Kier alpha value is -0.200. The molecule has 2 saturated heterocycles. The molecule has 1 radical (unpaired) electrons. The van der Waals surface area contributed by atoms with E-state index < -0.39 is 0 Å². The van der Waals surface area contributed by atoms with Crippen molar-refractivity contribution in [1.82, 2.24) is 0 Å². The normalized spacial score (nSPS) is 31.1. The van der Waals surface area contributed by atoms with E-state index in [2.05, 4.69) is 0 Å². The minimum atomic E-state index is -0.123. The lowest BCUT2D eigenvalue weighted by molar-refractivity contribution is -0.190. The monoisotopic (exact) mass is 231 g/mol. The summed E-state index contributed by atoms with van der Waals surface area (Å²) in [6.45, 7) is 3.68. The van der Waals surface area contributed by atoms with Gasteiger partial charge in [0.25, 0.3) is 6.29 Å². The number of hydrogen-bond donors (Lipinski definition) is 0. The van der Waals surface area contributed by atoms with E-state index in [-0.39, 0.29) is 12.9 Å². The third kappa shape index (κ3) is 3.99. The fraction of sp³-hybridized carbons (Fsp3) is 0.909. The van der Waals surface area contributed by atoms with Crippen molar-refractivity contribution >= 4 is 0 Å². The largest absolute Gasteiger partial charge is 0.381 e. The molecule has 0 saturated carbocycles. The predicted molar refractivity (Wildman–Crippen MR) is 55.5 cm³/mol. The van der Waals surface area contributed by atoms with Crippen LogP contribution in [0.3, 0.4) is 0 Å². The third-order valence-corrected chi connectivity index (χ3v) is 2.50. The molecular weight excluding hydrogens is 212 g/mol. The molecule has 5 nitrogen and oxygen atoms in total. The fourth-order valence-corrected chi connectivity index (χ4v) is 1.67. The fourth-order valence-electron chi connectivity index (χ4n) is 1.67. The quantitative estimate of drug-likeness (QED) is 0.676. The molecule has 0 bridgehead atoms. The standard InChI is InChI=1S/C11H19O5/c1-4-12-8-3-10(14-6-1)11-15-7-2-5-13-9-16-11/h10H,1-9H2. The van der Waals surface area contributed by atoms with Gasteiger partial charge in [0, 0.05) is 26.2 Å². The molecular formula is C11H19O5. The van der Waals surface area contributed by atoms with Crippen LogP contribution in [0.25, 0.3) is 0 Å². The van der Waals surface area contributed by atoms with Crippen molar-refractivity contribution in [2.45, 2.75) is 25.4 Å². The summed E-state index contributed by atoms with van der Waals surface area (Å²) in [4.78, 5) is 0. The van der Waals surface area contributed by atoms with Gasteiger partial charge in [0.1, 0.15) is 6.10 Å². The summed E-state index contributed by atoms with van der Waals surface area (Å²) in [6, 6.07) is 0. The van der Waals surface area contributed by atoms with Crippen LogP contribution in [0.1, 0.15) is 19.3 Å². The summed E-state index contributed by atoms with van der Waals surface area (Å²) in [5.41, 5.74) is 0. The molecule has 0 N–H and O–H groups in total. The Kier molecular flexibility index (Phi) is 5.51. The van der Waals surface area contributed by atoms with Crippen molar-refractivity contribution in [3.8, 4) is 0 Å². The van der Waals surface area contributed by atoms with Gasteiger partial charge in [-0.2, -0.15) is 0 Å². The van der Waals surface area contributed by atoms with Gasteiger partial charge < -0.3 is 23.7 Å². The molecule has 1 unspecified atom stereocenters. The molecule has 2 rings (SSSR count). The van der Waals surface area contributed by atoms with Crippen molar-refractivity contribution in [2.75, 3.05) is 39.8 Å². The molecule has 2 fully saturated rings. The Balaban J connectivity index is 1.81. The van der Waals surface area contributed by atoms with E-state index in [1.807, 2.05) is 0 Å². The Morgan fingerprint density at radius 2 is 1.69 bits per heavy atom. The topological polar surface area (TPSA) is 46.2 Å². The highest BCUT2D eigenvalue weighted by molar-refractivity contribution is 4.80. The molecule has 16 heavy (non-hydrogen) atoms. The van der Waals surface area contributed by atoms with Gasteiger partial charge >= 0.3 is 0 Å². The van der Waals surface area contributed by atoms with Gasteiger partial charge in [0.05, 0.1) is 13.2 Å². The van der Waals surface area contributed by atoms with E-state index in [0.717, 1.165) is 25.9 Å². The molecule has 2 aliphatic heterocycles. The third-order valence-electron chi connectivity index (χ3n) is 2.50. The molecule has 0 amide bonds. The SMILES string of the molecule is C1COCO[C](C2CCOCCCO2)OC1. The molecule has 0 aromatic rings. The second-order valence-electron chi connectivity index (χ2n) is 3.81. The summed E-state index contributed by atoms with van der Waals surface area (Å²) in [5.74, 6) is 0. The predicted octanol–water partition coefficient (Wildman–Crippen LogP) is 1.08. The highest BCUT2D eigenvalue weighted by atomic mass is 16.8. The highest BCUT2D eigenvalue weighted by Gasteiger charge is 2.27. The van der Waals surface area contributed by atoms with Crippen molar-refractivity contribution < 1.29 is 23.7 Å². The lowest BCUT2D eigenvalue weighted by atomic mass is 10.2. The van der Waals surface area contributed by atoms with Crippen LogP contribution in [0.2, 0.25) is 0 Å². The molecule has 5 heteroatoms. The first-order valence-electron chi connectivity index (χ1n) is 5.86. The molecule has 0 aromatic heterocycles. The first-order valence-corrected chi connectivity index (χ1v) is 5.86. The number of rotatable bonds is 1. The van der Waals surface area contributed by atoms with Crippen molar-refractivity contribution in [3.05, 3.63) is 6.29 Å². The van der Waals surface area contributed by atoms with Crippen LogP contribution < -0.4 is 0 Å². The van der Waals surface area contributed by atoms with Crippen LogP contribution >= 0.6 is 0 Å². The summed E-state index contributed by atoms with van der Waals surface area (Å²) in [6.07, 6.45) is 3.00. The Bertz CT molecular complexity index is 151. The summed E-state index contributed by atoms with van der Waals surface area (Å²) >= 11 is 0. The summed E-state index contributed by atoms with van der Waals surface area (Å²) in [5, 5.41) is 0. The Labute approximate surface area is 95.9 Å². The van der Waals surface area contributed by atoms with Gasteiger partial charge in [0.15, 0.2) is 6.79 Å². The molecule has 2 heterocycles. The molecule has 0 aliphatic carbocycles. The van der Waals surface area contributed by atoms with Gasteiger partial charge in [-0.05, 0) is 12.8 Å². The van der Waals surface area contributed by atoms with Crippen LogP contribution in [-0.4, -0.2) is 45.9 Å². The highest BCUT2D eigenvalue weighted by Crippen LogP contribution is 2.21. The zero-order valence-electron chi connectivity index (χ0n) is 9.48. The Morgan fingerprint density at radius 3 is 2.69 bits per heavy atom. The maximum Gasteiger partial charge on any atom is 0.255 e. The lowest BCUT2D eigenvalue weighted by Gasteiger charge is -2.28. The zero-order chi connectivity index (χ0) is 11.1. The summed E-state index contributed by atoms with van der Waals surface area (Å²) < 4.78 is 27.3. The van der Waals surface area contributed by atoms with Crippen LogP contribution in [0.5, 0.6) is 0 Å². The van der Waals surface area contributed by atoms with Gasteiger partial charge in [-0.3, -0.25) is 0 Å². The first-order chi connectivity index (χ1) is 7.97. The van der Waals surface area contributed by atoms with E-state index in [9.17, 15) is 0 Å². The second kappa shape index (κ2) is 7.19. The maximum absolute atomic E-state index is 5.70. The van der Waals surface area contributed by atoms with Crippen LogP contribution in [-0.2, 0) is 23.7 Å². The minimum absolute atomic E-state index is 0.123. The smallest absolute Gasteiger partial charge is 0.255 e. The molecule has 0 aromatic carbocycles. The van der Waals surface area contributed by atoms with Crippen LogP contribution in [0, 0.1) is 6.29 Å². The molecule has 1 atom stereocenters. The average molecular weight is 231 g/mol. The lowest BCUT2D eigenvalue weighted by Crippen LogP contribution is -2.32. The van der Waals surface area contributed by atoms with E-state index in [0.29, 0.717) is 32.7 Å². The van der Waals surface area contributed by atoms with Gasteiger partial charge in [-0.25, -0.2) is 0 Å². The van der Waals surface area contributed by atoms with Gasteiger partial charge in [-0.15, -0.1) is 0 Å². The van der Waals surface area contributed by atoms with Crippen LogP contribution in [0.15, 0.2) is 0 Å². The first kappa shape index (κ1) is 12.3. The number of hydrogen-bond acceptors (Lipinski definition) is 5. The van der Waals surface area contributed by atoms with Crippen LogP contribution in [0.4, 0.5) is 0 Å². The van der Waals surface area contributed by atoms with Gasteiger partial charge in [0.2, 0.25) is 0 Å². The minimum Gasteiger partial charge on any atom is -0.381 e. The van der Waals surface area contributed by atoms with Crippen molar-refractivity contribution in [2.24, 2.45) is 0 Å². The van der Waals surface area contributed by atoms with Gasteiger partial charge in [-0.1, -0.05) is 0 Å². The Morgan fingerprint density at radius 1 is 0.812 bits per heavy atom. The second-order valence-corrected chi connectivity index (χ2v) is 3.81. The van der Waals surface area contributed by atoms with E-state index >= 15 is 0 Å². The molecule has 93 valence electrons.